The van der Waals surface area contributed by atoms with Crippen molar-refractivity contribution in [1.29, 1.82) is 0 Å². The van der Waals surface area contributed by atoms with Crippen LogP contribution in [0, 0.1) is 12.7 Å². The number of aromatic nitrogens is 3. The Bertz CT molecular complexity index is 1330. The van der Waals surface area contributed by atoms with Gasteiger partial charge in [-0.05, 0) is 64.2 Å². The Hall–Kier alpha value is -3.66. The van der Waals surface area contributed by atoms with Gasteiger partial charge in [-0.1, -0.05) is 13.8 Å². The molecule has 0 spiro atoms. The Morgan fingerprint density at radius 3 is 2.84 bits per heavy atom. The lowest BCUT2D eigenvalue weighted by molar-refractivity contribution is 0.223. The quantitative estimate of drug-likeness (QED) is 0.244. The molecule has 2 fully saturated rings. The first-order chi connectivity index (χ1) is 18.5. The average molecular weight is 521 g/mol. The van der Waals surface area contributed by atoms with Gasteiger partial charge in [0.25, 0.3) is 0 Å². The Labute approximate surface area is 222 Å². The minimum absolute atomic E-state index is 0.0250. The number of likely N-dealkylation sites (N-methyl/N-ethyl adjacent to an activating group) is 1. The number of hydrogen-bond donors (Lipinski definition) is 3. The lowest BCUT2D eigenvalue weighted by Crippen LogP contribution is -2.38. The summed E-state index contributed by atoms with van der Waals surface area (Å²) >= 11 is 0. The van der Waals surface area contributed by atoms with Crippen LogP contribution in [0.4, 0.5) is 10.2 Å². The van der Waals surface area contributed by atoms with Gasteiger partial charge in [-0.25, -0.2) is 14.4 Å². The van der Waals surface area contributed by atoms with E-state index < -0.39 is 0 Å². The first-order valence-corrected chi connectivity index (χ1v) is 13.4. The second-order valence-electron chi connectivity index (χ2n) is 9.99. The zero-order valence-corrected chi connectivity index (χ0v) is 22.4. The Kier molecular flexibility index (Phi) is 7.78. The molecule has 3 heterocycles. The zero-order valence-electron chi connectivity index (χ0n) is 22.4. The third-order valence-corrected chi connectivity index (χ3v) is 7.41. The second kappa shape index (κ2) is 11.4. The van der Waals surface area contributed by atoms with Crippen molar-refractivity contribution in [3.63, 3.8) is 0 Å². The monoisotopic (exact) mass is 520 g/mol. The van der Waals surface area contributed by atoms with E-state index in [9.17, 15) is 0 Å². The lowest BCUT2D eigenvalue weighted by atomic mass is 10.2. The number of fused-ring (bicyclic) bond motifs is 1. The minimum Gasteiger partial charge on any atom is -0.468 e. The summed E-state index contributed by atoms with van der Waals surface area (Å²) in [5, 5.41) is 11.2. The molecule has 9 nitrogen and oxygen atoms in total. The van der Waals surface area contributed by atoms with Crippen LogP contribution >= 0.6 is 0 Å². The van der Waals surface area contributed by atoms with Gasteiger partial charge in [0.1, 0.15) is 11.7 Å². The van der Waals surface area contributed by atoms with Gasteiger partial charge < -0.3 is 19.9 Å². The molecular weight excluding hydrogens is 483 g/mol. The van der Waals surface area contributed by atoms with Crippen LogP contribution in [0.25, 0.3) is 10.9 Å². The second-order valence-corrected chi connectivity index (χ2v) is 9.99. The molecule has 1 aliphatic heterocycles. The van der Waals surface area contributed by atoms with E-state index in [0.29, 0.717) is 34.8 Å². The summed E-state index contributed by atoms with van der Waals surface area (Å²) in [6, 6.07) is 7.71. The molecule has 5 rings (SSSR count). The van der Waals surface area contributed by atoms with Gasteiger partial charge >= 0.3 is 0 Å². The van der Waals surface area contributed by atoms with E-state index in [2.05, 4.69) is 55.9 Å². The Balaban J connectivity index is 1.36. The highest BCUT2D eigenvalue weighted by Gasteiger charge is 2.28. The maximum absolute atomic E-state index is 15.0. The summed E-state index contributed by atoms with van der Waals surface area (Å²) in [6.07, 6.45) is 5.30. The number of nitrogens with zero attached hydrogens (tertiary/aromatic N) is 5. The molecule has 1 unspecified atom stereocenters. The first kappa shape index (κ1) is 26.0. The molecule has 0 amide bonds. The number of hydrogen-bond acceptors (Lipinski definition) is 6. The van der Waals surface area contributed by atoms with Crippen molar-refractivity contribution in [3.8, 4) is 5.75 Å². The number of aromatic amines is 2. The van der Waals surface area contributed by atoms with Crippen molar-refractivity contribution in [2.45, 2.75) is 52.0 Å². The molecule has 2 aromatic heterocycles. The van der Waals surface area contributed by atoms with Crippen LogP contribution in [0.2, 0.25) is 0 Å². The first-order valence-electron chi connectivity index (χ1n) is 13.4. The van der Waals surface area contributed by atoms with E-state index in [1.54, 1.807) is 12.1 Å². The van der Waals surface area contributed by atoms with Crippen molar-refractivity contribution >= 4 is 29.3 Å². The van der Waals surface area contributed by atoms with Crippen molar-refractivity contribution in [3.05, 3.63) is 53.4 Å². The summed E-state index contributed by atoms with van der Waals surface area (Å²) in [5.41, 5.74) is 2.78. The van der Waals surface area contributed by atoms with E-state index >= 15 is 4.39 Å². The fraction of sp³-hybridized carbons (Fsp3) is 0.464. The van der Waals surface area contributed by atoms with Crippen LogP contribution in [-0.4, -0.2) is 76.5 Å². The van der Waals surface area contributed by atoms with Crippen LogP contribution < -0.4 is 10.1 Å². The molecule has 202 valence electrons. The predicted molar refractivity (Wildman–Crippen MR) is 151 cm³/mol. The molecule has 1 saturated heterocycles. The number of aliphatic imine (C=N–C) groups is 2. The highest BCUT2D eigenvalue weighted by molar-refractivity contribution is 5.94. The highest BCUT2D eigenvalue weighted by Crippen LogP contribution is 2.39. The number of aryl methyl sites for hydroxylation is 1. The standard InChI is InChI=1S/C28H37FN8O/c1-5-36(6-2)20-11-12-37(16-20)27(15-25(30-4)33-26-14-23(34-35-26)19-7-8-19)31-17-38-24-10-9-22-21(28(24)29)13-18(3)32-22/h9-10,13-15,19-20,32H,4-8,11-12,16-17H2,1-3H3,(H2,33,34,35)/b25-15+,31-27+. The third-order valence-electron chi connectivity index (χ3n) is 7.41. The summed E-state index contributed by atoms with van der Waals surface area (Å²) in [4.78, 5) is 16.8. The predicted octanol–water partition coefficient (Wildman–Crippen LogP) is 5.02. The Morgan fingerprint density at radius 2 is 2.11 bits per heavy atom. The number of nitrogens with one attached hydrogen (secondary N) is 3. The number of halogens is 1. The maximum Gasteiger partial charge on any atom is 0.181 e. The summed E-state index contributed by atoms with van der Waals surface area (Å²) < 4.78 is 20.8. The summed E-state index contributed by atoms with van der Waals surface area (Å²) in [7, 11) is 0. The zero-order chi connectivity index (χ0) is 26.6. The van der Waals surface area contributed by atoms with Crippen molar-refractivity contribution in [2.75, 3.05) is 38.2 Å². The van der Waals surface area contributed by atoms with Gasteiger partial charge in [-0.3, -0.25) is 10.00 Å². The maximum atomic E-state index is 15.0. The lowest BCUT2D eigenvalue weighted by Gasteiger charge is -2.26. The molecule has 1 aromatic carbocycles. The van der Waals surface area contributed by atoms with E-state index in [1.165, 1.54) is 12.8 Å². The van der Waals surface area contributed by atoms with Gasteiger partial charge in [-0.2, -0.15) is 5.10 Å². The molecule has 3 N–H and O–H groups in total. The van der Waals surface area contributed by atoms with Crippen LogP contribution in [0.5, 0.6) is 5.75 Å². The van der Waals surface area contributed by atoms with E-state index in [0.717, 1.165) is 49.5 Å². The fourth-order valence-corrected chi connectivity index (χ4v) is 5.17. The molecular formula is C28H37FN8O. The largest absolute Gasteiger partial charge is 0.468 e. The van der Waals surface area contributed by atoms with Gasteiger partial charge in [-0.15, -0.1) is 0 Å². The minimum atomic E-state index is -0.387. The summed E-state index contributed by atoms with van der Waals surface area (Å²) in [5.74, 6) is 2.32. The molecule has 1 atom stereocenters. The van der Waals surface area contributed by atoms with Crippen LogP contribution in [0.15, 0.2) is 46.1 Å². The van der Waals surface area contributed by atoms with Crippen LogP contribution in [0.1, 0.15) is 50.4 Å². The number of likely N-dealkylation sites (tertiary alicyclic amines) is 1. The number of rotatable bonds is 11. The van der Waals surface area contributed by atoms with Gasteiger partial charge in [0.2, 0.25) is 0 Å². The number of H-pyrrole nitrogens is 2. The van der Waals surface area contributed by atoms with E-state index in [1.807, 2.05) is 25.1 Å². The average Bonchev–Trinajstić information content (AvgIpc) is 3.28. The van der Waals surface area contributed by atoms with E-state index in [4.69, 9.17) is 9.73 Å². The van der Waals surface area contributed by atoms with Crippen LogP contribution in [0.3, 0.4) is 0 Å². The number of benzene rings is 1. The normalized spacial score (nSPS) is 18.6. The van der Waals surface area contributed by atoms with Crippen LogP contribution in [-0.2, 0) is 0 Å². The molecule has 0 radical (unpaired) electrons. The Morgan fingerprint density at radius 1 is 1.29 bits per heavy atom. The molecule has 38 heavy (non-hydrogen) atoms. The molecule has 1 saturated carbocycles. The fourth-order valence-electron chi connectivity index (χ4n) is 5.17. The van der Waals surface area contributed by atoms with Gasteiger partial charge in [0.05, 0.1) is 0 Å². The number of amidine groups is 1. The smallest absolute Gasteiger partial charge is 0.181 e. The molecule has 2 aliphatic rings. The molecule has 3 aromatic rings. The molecule has 1 aliphatic carbocycles. The van der Waals surface area contributed by atoms with E-state index in [-0.39, 0.29) is 18.3 Å². The number of ether oxygens (including phenoxy) is 1. The van der Waals surface area contributed by atoms with Crippen molar-refractivity contribution in [1.82, 2.24) is 25.0 Å². The van der Waals surface area contributed by atoms with Gasteiger partial charge in [0.15, 0.2) is 24.1 Å². The van der Waals surface area contributed by atoms with Crippen molar-refractivity contribution < 1.29 is 9.13 Å². The SMILES string of the molecule is C=N/C(=C\C(=N/COc1ccc2[nH]c(C)cc2c1F)N1CCC(N(CC)CC)C1)Nc1cc(C2CC2)[nH]n1. The third kappa shape index (κ3) is 5.75. The molecule has 10 heteroatoms. The van der Waals surface area contributed by atoms with Crippen molar-refractivity contribution in [2.24, 2.45) is 9.98 Å². The number of anilines is 1. The van der Waals surface area contributed by atoms with Gasteiger partial charge in [0, 0.05) is 59.5 Å². The highest BCUT2D eigenvalue weighted by atomic mass is 19.1. The topological polar surface area (TPSA) is 96.9 Å². The summed E-state index contributed by atoms with van der Waals surface area (Å²) in [6.45, 7) is 13.7. The molecule has 0 bridgehead atoms.